The van der Waals surface area contributed by atoms with Gasteiger partial charge in [0.25, 0.3) is 0 Å². The molecule has 0 aliphatic rings. The molecule has 2 atom stereocenters. The van der Waals surface area contributed by atoms with Crippen LogP contribution in [-0.4, -0.2) is 37.0 Å². The Labute approximate surface area is 172 Å². The Bertz CT molecular complexity index is 826. The van der Waals surface area contributed by atoms with Crippen molar-refractivity contribution < 1.29 is 19.1 Å². The van der Waals surface area contributed by atoms with Gasteiger partial charge in [-0.05, 0) is 23.3 Å². The molecule has 0 bridgehead atoms. The number of rotatable bonds is 8. The van der Waals surface area contributed by atoms with Crippen molar-refractivity contribution in [3.63, 3.8) is 0 Å². The number of carbonyl (C=O) groups excluding carboxylic acids is 3. The lowest BCUT2D eigenvalue weighted by atomic mass is 10.0. The number of nitrogens with one attached hydrogen (secondary N) is 2. The molecule has 0 aromatic heterocycles. The Kier molecular flexibility index (Phi) is 8.19. The number of carbonyl (C=O) groups is 3. The first-order valence-corrected chi connectivity index (χ1v) is 9.62. The summed E-state index contributed by atoms with van der Waals surface area (Å²) in [6.45, 7) is 1.35. The summed E-state index contributed by atoms with van der Waals surface area (Å²) in [5.41, 5.74) is 1.77. The summed E-state index contributed by atoms with van der Waals surface area (Å²) in [5.74, 6) is -1.31. The second-order valence-electron chi connectivity index (χ2n) is 6.36. The van der Waals surface area contributed by atoms with Crippen molar-refractivity contribution in [2.24, 2.45) is 0 Å². The Morgan fingerprint density at radius 1 is 0.929 bits per heavy atom. The number of hydrogen-bond acceptors (Lipinski definition) is 4. The predicted octanol–water partition coefficient (Wildman–Crippen LogP) is 2.40. The van der Waals surface area contributed by atoms with Crippen LogP contribution in [0.5, 0.6) is 0 Å². The lowest BCUT2D eigenvalue weighted by Crippen LogP contribution is -2.53. The van der Waals surface area contributed by atoms with Gasteiger partial charge >= 0.3 is 5.97 Å². The molecule has 0 saturated carbocycles. The molecule has 0 spiro atoms. The van der Waals surface area contributed by atoms with E-state index in [4.69, 9.17) is 4.74 Å². The van der Waals surface area contributed by atoms with E-state index in [0.29, 0.717) is 6.42 Å². The highest BCUT2D eigenvalue weighted by molar-refractivity contribution is 9.10. The Balaban J connectivity index is 2.15. The molecule has 0 radical (unpaired) electrons. The highest BCUT2D eigenvalue weighted by Crippen LogP contribution is 2.14. The molecule has 0 unspecified atom stereocenters. The van der Waals surface area contributed by atoms with E-state index in [9.17, 15) is 14.4 Å². The van der Waals surface area contributed by atoms with Crippen molar-refractivity contribution in [2.75, 3.05) is 7.11 Å². The van der Waals surface area contributed by atoms with Gasteiger partial charge in [0, 0.05) is 24.2 Å². The zero-order valence-corrected chi connectivity index (χ0v) is 17.4. The highest BCUT2D eigenvalue weighted by atomic mass is 79.9. The van der Waals surface area contributed by atoms with Crippen LogP contribution in [0.2, 0.25) is 0 Å². The largest absolute Gasteiger partial charge is 0.467 e. The predicted molar refractivity (Wildman–Crippen MR) is 110 cm³/mol. The fourth-order valence-electron chi connectivity index (χ4n) is 2.81. The molecule has 7 heteroatoms. The number of methoxy groups -OCH3 is 1. The number of ether oxygens (including phenoxy) is 1. The first-order valence-electron chi connectivity index (χ1n) is 8.82. The van der Waals surface area contributed by atoms with E-state index in [-0.39, 0.29) is 12.3 Å². The number of esters is 1. The average Bonchev–Trinajstić information content (AvgIpc) is 2.66. The maximum Gasteiger partial charge on any atom is 0.328 e. The molecular weight excluding hydrogens is 424 g/mol. The zero-order chi connectivity index (χ0) is 20.5. The molecule has 0 saturated heterocycles. The second-order valence-corrected chi connectivity index (χ2v) is 7.28. The molecule has 6 nitrogen and oxygen atoms in total. The summed E-state index contributed by atoms with van der Waals surface area (Å²) in [6, 6.07) is 15.2. The molecular formula is C21H23BrN2O4. The van der Waals surface area contributed by atoms with Crippen molar-refractivity contribution >= 4 is 33.7 Å². The third kappa shape index (κ3) is 6.81. The smallest absolute Gasteiger partial charge is 0.328 e. The van der Waals surface area contributed by atoms with Crippen LogP contribution < -0.4 is 10.6 Å². The minimum atomic E-state index is -0.862. The van der Waals surface area contributed by atoms with Crippen LogP contribution in [0.25, 0.3) is 0 Å². The van der Waals surface area contributed by atoms with Crippen LogP contribution >= 0.6 is 15.9 Å². The Morgan fingerprint density at radius 2 is 1.57 bits per heavy atom. The molecule has 0 aliphatic carbocycles. The molecule has 28 heavy (non-hydrogen) atoms. The van der Waals surface area contributed by atoms with Crippen LogP contribution in [0.4, 0.5) is 0 Å². The van der Waals surface area contributed by atoms with Gasteiger partial charge in [-0.1, -0.05) is 58.4 Å². The molecule has 2 rings (SSSR count). The molecule has 2 N–H and O–H groups in total. The van der Waals surface area contributed by atoms with E-state index < -0.39 is 24.0 Å². The number of halogens is 1. The van der Waals surface area contributed by atoms with E-state index >= 15 is 0 Å². The minimum absolute atomic E-state index is 0.274. The fraction of sp³-hybridized carbons (Fsp3) is 0.286. The quantitative estimate of drug-likeness (QED) is 0.609. The van der Waals surface area contributed by atoms with Crippen molar-refractivity contribution in [1.82, 2.24) is 10.6 Å². The van der Waals surface area contributed by atoms with E-state index in [2.05, 4.69) is 26.6 Å². The van der Waals surface area contributed by atoms with Gasteiger partial charge < -0.3 is 15.4 Å². The van der Waals surface area contributed by atoms with Gasteiger partial charge in [0.05, 0.1) is 7.11 Å². The van der Waals surface area contributed by atoms with Crippen LogP contribution in [0.1, 0.15) is 18.1 Å². The van der Waals surface area contributed by atoms with E-state index in [1.807, 2.05) is 54.6 Å². The third-order valence-electron chi connectivity index (χ3n) is 4.11. The van der Waals surface area contributed by atoms with Crippen molar-refractivity contribution in [2.45, 2.75) is 31.8 Å². The number of benzene rings is 2. The van der Waals surface area contributed by atoms with Gasteiger partial charge in [-0.25, -0.2) is 4.79 Å². The summed E-state index contributed by atoms with van der Waals surface area (Å²) in [6.07, 6.45) is 0.590. The molecule has 0 heterocycles. The lowest BCUT2D eigenvalue weighted by Gasteiger charge is -2.22. The molecule has 2 aromatic carbocycles. The summed E-state index contributed by atoms with van der Waals surface area (Å²) in [4.78, 5) is 36.6. The molecule has 2 amide bonds. The van der Waals surface area contributed by atoms with Gasteiger partial charge in [-0.15, -0.1) is 0 Å². The normalized spacial score (nSPS) is 12.5. The molecule has 148 valence electrons. The van der Waals surface area contributed by atoms with Gasteiger partial charge in [-0.2, -0.15) is 0 Å². The van der Waals surface area contributed by atoms with Crippen LogP contribution in [-0.2, 0) is 32.0 Å². The maximum atomic E-state index is 12.8. The first-order chi connectivity index (χ1) is 13.4. The van der Waals surface area contributed by atoms with Crippen LogP contribution in [0.15, 0.2) is 59.1 Å². The van der Waals surface area contributed by atoms with Crippen molar-refractivity contribution in [3.8, 4) is 0 Å². The van der Waals surface area contributed by atoms with Crippen molar-refractivity contribution in [3.05, 3.63) is 70.2 Å². The minimum Gasteiger partial charge on any atom is -0.467 e. The Morgan fingerprint density at radius 3 is 2.18 bits per heavy atom. The van der Waals surface area contributed by atoms with Crippen molar-refractivity contribution in [1.29, 1.82) is 0 Å². The monoisotopic (exact) mass is 446 g/mol. The maximum absolute atomic E-state index is 12.8. The molecule has 0 fully saturated rings. The van der Waals surface area contributed by atoms with E-state index in [1.165, 1.54) is 14.0 Å². The summed E-state index contributed by atoms with van der Waals surface area (Å²) >= 11 is 3.39. The highest BCUT2D eigenvalue weighted by Gasteiger charge is 2.27. The topological polar surface area (TPSA) is 84.5 Å². The second kappa shape index (κ2) is 10.6. The van der Waals surface area contributed by atoms with Gasteiger partial charge in [0.15, 0.2) is 0 Å². The third-order valence-corrected chi connectivity index (χ3v) is 4.60. The van der Waals surface area contributed by atoms with Crippen LogP contribution in [0.3, 0.4) is 0 Å². The molecule has 2 aromatic rings. The number of hydrogen-bond donors (Lipinski definition) is 2. The standard InChI is InChI=1S/C21H23BrN2O4/c1-14(25)23-18(12-15-7-4-3-5-8-15)20(26)24-19(21(27)28-2)13-16-9-6-10-17(22)11-16/h3-11,18-19H,12-13H2,1-2H3,(H,23,25)(H,24,26)/t18-,19+/m1/s1. The SMILES string of the molecule is COC(=O)[C@H](Cc1cccc(Br)c1)NC(=O)[C@@H](Cc1ccccc1)NC(C)=O. The first kappa shape index (κ1) is 21.6. The summed E-state index contributed by atoms with van der Waals surface area (Å²) in [5, 5.41) is 5.37. The average molecular weight is 447 g/mol. The van der Waals surface area contributed by atoms with Gasteiger partial charge in [0.2, 0.25) is 11.8 Å². The summed E-state index contributed by atoms with van der Waals surface area (Å²) < 4.78 is 5.72. The van der Waals surface area contributed by atoms with Gasteiger partial charge in [0.1, 0.15) is 12.1 Å². The zero-order valence-electron chi connectivity index (χ0n) is 15.8. The number of amides is 2. The van der Waals surface area contributed by atoms with E-state index in [0.717, 1.165) is 15.6 Å². The van der Waals surface area contributed by atoms with Crippen LogP contribution in [0, 0.1) is 0 Å². The molecule has 0 aliphatic heterocycles. The Hall–Kier alpha value is -2.67. The fourth-order valence-corrected chi connectivity index (χ4v) is 3.26. The van der Waals surface area contributed by atoms with E-state index in [1.54, 1.807) is 0 Å². The summed E-state index contributed by atoms with van der Waals surface area (Å²) in [7, 11) is 1.28. The lowest BCUT2D eigenvalue weighted by molar-refractivity contribution is -0.145. The van der Waals surface area contributed by atoms with Gasteiger partial charge in [-0.3, -0.25) is 9.59 Å².